The molecule has 2 heterocycles. The molecule has 1 aliphatic heterocycles. The lowest BCUT2D eigenvalue weighted by atomic mass is 9.97. The zero-order valence-corrected chi connectivity index (χ0v) is 18.0. The van der Waals surface area contributed by atoms with Crippen LogP contribution in [0.25, 0.3) is 11.8 Å². The highest BCUT2D eigenvalue weighted by Crippen LogP contribution is 2.30. The van der Waals surface area contributed by atoms with Gasteiger partial charge in [0.1, 0.15) is 11.6 Å². The average molecular weight is 420 g/mol. The molecular formula is C25H26FN3O2. The van der Waals surface area contributed by atoms with Crippen molar-refractivity contribution in [3.05, 3.63) is 83.2 Å². The van der Waals surface area contributed by atoms with Crippen molar-refractivity contribution in [1.29, 1.82) is 0 Å². The van der Waals surface area contributed by atoms with Gasteiger partial charge in [-0.1, -0.05) is 18.2 Å². The Balaban J connectivity index is 1.59. The van der Waals surface area contributed by atoms with Gasteiger partial charge in [0.15, 0.2) is 0 Å². The number of carbonyl (C=O) groups is 1. The van der Waals surface area contributed by atoms with E-state index in [2.05, 4.69) is 4.98 Å². The van der Waals surface area contributed by atoms with Crippen LogP contribution in [-0.2, 0) is 4.79 Å². The summed E-state index contributed by atoms with van der Waals surface area (Å²) in [5, 5.41) is 0. The standard InChI is InChI=1S/C25H26FN3O2/c1-17-15-28(16-27-17)23-11-6-19(14-24(23)31-3)13-21-5-4-12-29(25(21)30)18(2)20-7-9-22(26)10-8-20/h6-11,13-16,18H,4-5,12H2,1-3H3. The lowest BCUT2D eigenvalue weighted by molar-refractivity contribution is -0.130. The van der Waals surface area contributed by atoms with E-state index in [1.165, 1.54) is 12.1 Å². The van der Waals surface area contributed by atoms with Gasteiger partial charge in [-0.2, -0.15) is 0 Å². The average Bonchev–Trinajstić information content (AvgIpc) is 3.21. The summed E-state index contributed by atoms with van der Waals surface area (Å²) in [5.41, 5.74) is 4.44. The fourth-order valence-electron chi connectivity index (χ4n) is 4.01. The predicted molar refractivity (Wildman–Crippen MR) is 119 cm³/mol. The van der Waals surface area contributed by atoms with Gasteiger partial charge in [0.2, 0.25) is 5.91 Å². The molecule has 1 atom stereocenters. The van der Waals surface area contributed by atoms with E-state index in [0.29, 0.717) is 12.3 Å². The second-order valence-electron chi connectivity index (χ2n) is 7.85. The summed E-state index contributed by atoms with van der Waals surface area (Å²) in [6.07, 6.45) is 7.26. The van der Waals surface area contributed by atoms with Crippen LogP contribution in [0, 0.1) is 12.7 Å². The monoisotopic (exact) mass is 419 g/mol. The van der Waals surface area contributed by atoms with E-state index in [4.69, 9.17) is 4.74 Å². The van der Waals surface area contributed by atoms with Gasteiger partial charge in [0, 0.05) is 18.3 Å². The van der Waals surface area contributed by atoms with Crippen LogP contribution in [0.2, 0.25) is 0 Å². The number of hydrogen-bond acceptors (Lipinski definition) is 3. The molecule has 4 rings (SSSR count). The fourth-order valence-corrected chi connectivity index (χ4v) is 4.01. The minimum Gasteiger partial charge on any atom is -0.495 e. The van der Waals surface area contributed by atoms with Gasteiger partial charge in [-0.3, -0.25) is 4.79 Å². The summed E-state index contributed by atoms with van der Waals surface area (Å²) in [4.78, 5) is 19.3. The summed E-state index contributed by atoms with van der Waals surface area (Å²) in [7, 11) is 1.64. The summed E-state index contributed by atoms with van der Waals surface area (Å²) in [5.74, 6) is 0.465. The van der Waals surface area contributed by atoms with E-state index in [-0.39, 0.29) is 17.8 Å². The normalized spacial score (nSPS) is 16.6. The highest BCUT2D eigenvalue weighted by Gasteiger charge is 2.28. The first-order chi connectivity index (χ1) is 15.0. The van der Waals surface area contributed by atoms with E-state index in [1.807, 2.05) is 53.8 Å². The maximum atomic E-state index is 13.3. The number of hydrogen-bond donors (Lipinski definition) is 0. The third kappa shape index (κ3) is 4.38. The van der Waals surface area contributed by atoms with Crippen molar-refractivity contribution >= 4 is 12.0 Å². The van der Waals surface area contributed by atoms with Gasteiger partial charge in [0.05, 0.1) is 30.9 Å². The summed E-state index contributed by atoms with van der Waals surface area (Å²) in [6, 6.07) is 12.1. The Hall–Kier alpha value is -3.41. The maximum absolute atomic E-state index is 13.3. The number of rotatable bonds is 5. The Morgan fingerprint density at radius 1 is 1.19 bits per heavy atom. The lowest BCUT2D eigenvalue weighted by Crippen LogP contribution is -2.38. The van der Waals surface area contributed by atoms with Gasteiger partial charge in [-0.15, -0.1) is 0 Å². The zero-order valence-electron chi connectivity index (χ0n) is 18.0. The molecule has 1 unspecified atom stereocenters. The second-order valence-corrected chi connectivity index (χ2v) is 7.85. The van der Waals surface area contributed by atoms with Crippen molar-refractivity contribution < 1.29 is 13.9 Å². The van der Waals surface area contributed by atoms with Crippen LogP contribution < -0.4 is 4.74 Å². The Kier molecular flexibility index (Phi) is 5.89. The number of imidazole rings is 1. The number of amides is 1. The number of nitrogens with zero attached hydrogens (tertiary/aromatic N) is 3. The number of ether oxygens (including phenoxy) is 1. The molecule has 1 aliphatic rings. The van der Waals surface area contributed by atoms with Crippen LogP contribution in [0.5, 0.6) is 5.75 Å². The van der Waals surface area contributed by atoms with E-state index in [0.717, 1.165) is 40.9 Å². The Morgan fingerprint density at radius 2 is 1.97 bits per heavy atom. The van der Waals surface area contributed by atoms with Crippen molar-refractivity contribution in [3.63, 3.8) is 0 Å². The molecule has 0 saturated carbocycles. The van der Waals surface area contributed by atoms with E-state index in [9.17, 15) is 9.18 Å². The van der Waals surface area contributed by atoms with Crippen LogP contribution in [0.15, 0.2) is 60.6 Å². The molecule has 0 N–H and O–H groups in total. The molecule has 0 aliphatic carbocycles. The molecule has 1 saturated heterocycles. The molecule has 6 heteroatoms. The molecule has 3 aromatic rings. The molecule has 2 aromatic carbocycles. The molecular weight excluding hydrogens is 393 g/mol. The van der Waals surface area contributed by atoms with Gasteiger partial charge < -0.3 is 14.2 Å². The summed E-state index contributed by atoms with van der Waals surface area (Å²) >= 11 is 0. The number of aryl methyl sites for hydroxylation is 1. The first-order valence-corrected chi connectivity index (χ1v) is 10.4. The number of aromatic nitrogens is 2. The molecule has 31 heavy (non-hydrogen) atoms. The van der Waals surface area contributed by atoms with E-state index in [1.54, 1.807) is 25.6 Å². The fraction of sp³-hybridized carbons (Fsp3) is 0.280. The van der Waals surface area contributed by atoms with Crippen LogP contribution in [0.1, 0.15) is 42.6 Å². The topological polar surface area (TPSA) is 47.4 Å². The molecule has 0 bridgehead atoms. The molecule has 1 fully saturated rings. The largest absolute Gasteiger partial charge is 0.495 e. The van der Waals surface area contributed by atoms with Crippen molar-refractivity contribution in [2.45, 2.75) is 32.7 Å². The highest BCUT2D eigenvalue weighted by atomic mass is 19.1. The number of benzene rings is 2. The first kappa shape index (κ1) is 20.8. The van der Waals surface area contributed by atoms with E-state index < -0.39 is 0 Å². The Morgan fingerprint density at radius 3 is 2.65 bits per heavy atom. The molecule has 0 radical (unpaired) electrons. The smallest absolute Gasteiger partial charge is 0.250 e. The van der Waals surface area contributed by atoms with Crippen LogP contribution in [0.3, 0.4) is 0 Å². The number of methoxy groups -OCH3 is 1. The van der Waals surface area contributed by atoms with E-state index >= 15 is 0 Å². The van der Waals surface area contributed by atoms with Crippen molar-refractivity contribution in [2.24, 2.45) is 0 Å². The third-order valence-electron chi connectivity index (χ3n) is 5.74. The Labute approximate surface area is 181 Å². The molecule has 0 spiro atoms. The predicted octanol–water partition coefficient (Wildman–Crippen LogP) is 5.10. The minimum atomic E-state index is -0.273. The van der Waals surface area contributed by atoms with Crippen molar-refractivity contribution in [3.8, 4) is 11.4 Å². The number of carbonyl (C=O) groups excluding carboxylic acids is 1. The van der Waals surface area contributed by atoms with Gasteiger partial charge in [-0.05, 0) is 68.2 Å². The van der Waals surface area contributed by atoms with Crippen LogP contribution in [0.4, 0.5) is 4.39 Å². The molecule has 5 nitrogen and oxygen atoms in total. The van der Waals surface area contributed by atoms with Gasteiger partial charge >= 0.3 is 0 Å². The number of likely N-dealkylation sites (tertiary alicyclic amines) is 1. The zero-order chi connectivity index (χ0) is 22.0. The SMILES string of the molecule is COc1cc(C=C2CCCN(C(C)c3ccc(F)cc3)C2=O)ccc1-n1cnc(C)c1. The lowest BCUT2D eigenvalue weighted by Gasteiger charge is -2.34. The minimum absolute atomic E-state index is 0.0244. The molecule has 1 aromatic heterocycles. The van der Waals surface area contributed by atoms with Crippen molar-refractivity contribution in [2.75, 3.05) is 13.7 Å². The summed E-state index contributed by atoms with van der Waals surface area (Å²) < 4.78 is 20.8. The van der Waals surface area contributed by atoms with Gasteiger partial charge in [-0.25, -0.2) is 9.37 Å². The quantitative estimate of drug-likeness (QED) is 0.541. The maximum Gasteiger partial charge on any atom is 0.250 e. The number of piperidine rings is 1. The third-order valence-corrected chi connectivity index (χ3v) is 5.74. The van der Waals surface area contributed by atoms with Crippen molar-refractivity contribution in [1.82, 2.24) is 14.5 Å². The number of halogens is 1. The summed E-state index contributed by atoms with van der Waals surface area (Å²) in [6.45, 7) is 4.62. The first-order valence-electron chi connectivity index (χ1n) is 10.4. The second kappa shape index (κ2) is 8.76. The van der Waals surface area contributed by atoms with Crippen LogP contribution >= 0.6 is 0 Å². The van der Waals surface area contributed by atoms with Crippen LogP contribution in [-0.4, -0.2) is 34.0 Å². The molecule has 1 amide bonds. The highest BCUT2D eigenvalue weighted by molar-refractivity contribution is 5.98. The molecule has 160 valence electrons. The van der Waals surface area contributed by atoms with Gasteiger partial charge in [0.25, 0.3) is 0 Å². The Bertz CT molecular complexity index is 1120.